The van der Waals surface area contributed by atoms with Gasteiger partial charge in [-0.15, -0.1) is 0 Å². The number of aromatic carboxylic acids is 1. The number of carboxylic acids is 1. The number of hydrogen-bond acceptors (Lipinski definition) is 4. The van der Waals surface area contributed by atoms with Gasteiger partial charge in [-0.05, 0) is 25.2 Å². The fourth-order valence-electron chi connectivity index (χ4n) is 2.31. The Kier molecular flexibility index (Phi) is 3.50. The summed E-state index contributed by atoms with van der Waals surface area (Å²) in [5, 5.41) is 9.20. The van der Waals surface area contributed by atoms with E-state index in [1.54, 1.807) is 6.92 Å². The second kappa shape index (κ2) is 4.92. The molecule has 5 nitrogen and oxygen atoms in total. The van der Waals surface area contributed by atoms with Crippen molar-refractivity contribution in [1.82, 2.24) is 9.97 Å². The summed E-state index contributed by atoms with van der Waals surface area (Å²) in [5.74, 6) is 1.44. The molecule has 1 aromatic heterocycles. The van der Waals surface area contributed by atoms with Gasteiger partial charge in [-0.2, -0.15) is 0 Å². The Labute approximate surface area is 107 Å². The summed E-state index contributed by atoms with van der Waals surface area (Å²) in [6, 6.07) is 0. The molecule has 2 unspecified atom stereocenters. The molecule has 0 radical (unpaired) electrons. The number of carboxylic acid groups (broad SMARTS) is 1. The highest BCUT2D eigenvalue weighted by atomic mass is 16.4. The lowest BCUT2D eigenvalue weighted by molar-refractivity contribution is 0.0696. The van der Waals surface area contributed by atoms with Crippen LogP contribution in [0.5, 0.6) is 0 Å². The molecule has 18 heavy (non-hydrogen) atoms. The van der Waals surface area contributed by atoms with Gasteiger partial charge in [0.1, 0.15) is 17.2 Å². The Morgan fingerprint density at radius 3 is 2.78 bits per heavy atom. The lowest BCUT2D eigenvalue weighted by atomic mass is 9.88. The van der Waals surface area contributed by atoms with E-state index >= 15 is 0 Å². The molecule has 2 heterocycles. The first-order valence-electron chi connectivity index (χ1n) is 6.31. The first kappa shape index (κ1) is 12.8. The van der Waals surface area contributed by atoms with Crippen LogP contribution in [0.3, 0.4) is 0 Å². The zero-order valence-corrected chi connectivity index (χ0v) is 11.1. The predicted octanol–water partition coefficient (Wildman–Crippen LogP) is 1.97. The molecule has 1 saturated heterocycles. The molecular weight excluding hydrogens is 230 g/mol. The molecule has 0 amide bonds. The maximum atomic E-state index is 11.2. The molecule has 1 aliphatic rings. The minimum absolute atomic E-state index is 0.197. The summed E-state index contributed by atoms with van der Waals surface area (Å²) < 4.78 is 0. The van der Waals surface area contributed by atoms with E-state index in [4.69, 9.17) is 0 Å². The summed E-state index contributed by atoms with van der Waals surface area (Å²) in [5.41, 5.74) is 0.197. The van der Waals surface area contributed by atoms with Gasteiger partial charge in [-0.25, -0.2) is 14.8 Å². The fraction of sp³-hybridized carbons (Fsp3) is 0.615. The van der Waals surface area contributed by atoms with Gasteiger partial charge in [-0.1, -0.05) is 13.8 Å². The molecule has 0 spiro atoms. The monoisotopic (exact) mass is 249 g/mol. The van der Waals surface area contributed by atoms with Crippen molar-refractivity contribution in [3.05, 3.63) is 17.6 Å². The molecule has 2 rings (SSSR count). The van der Waals surface area contributed by atoms with E-state index in [2.05, 4.69) is 28.7 Å². The van der Waals surface area contributed by atoms with Gasteiger partial charge in [0.25, 0.3) is 0 Å². The highest BCUT2D eigenvalue weighted by Crippen LogP contribution is 2.27. The highest BCUT2D eigenvalue weighted by molar-refractivity contribution is 5.92. The summed E-state index contributed by atoms with van der Waals surface area (Å²) in [6.45, 7) is 7.95. The fourth-order valence-corrected chi connectivity index (χ4v) is 2.31. The average Bonchev–Trinajstić information content (AvgIpc) is 2.32. The quantitative estimate of drug-likeness (QED) is 0.868. The number of anilines is 1. The smallest absolute Gasteiger partial charge is 0.341 e. The number of rotatable bonds is 2. The van der Waals surface area contributed by atoms with Crippen LogP contribution in [0.2, 0.25) is 0 Å². The topological polar surface area (TPSA) is 66.3 Å². The third-order valence-corrected chi connectivity index (χ3v) is 3.75. The van der Waals surface area contributed by atoms with E-state index in [0.717, 1.165) is 19.5 Å². The van der Waals surface area contributed by atoms with Crippen molar-refractivity contribution in [1.29, 1.82) is 0 Å². The second-order valence-corrected chi connectivity index (χ2v) is 5.15. The van der Waals surface area contributed by atoms with Crippen LogP contribution in [0.25, 0.3) is 0 Å². The van der Waals surface area contributed by atoms with Crippen LogP contribution < -0.4 is 4.90 Å². The third kappa shape index (κ3) is 2.44. The van der Waals surface area contributed by atoms with Crippen molar-refractivity contribution in [2.24, 2.45) is 11.8 Å². The van der Waals surface area contributed by atoms with Crippen LogP contribution in [0, 0.1) is 18.8 Å². The van der Waals surface area contributed by atoms with E-state index in [1.165, 1.54) is 6.20 Å². The third-order valence-electron chi connectivity index (χ3n) is 3.75. The summed E-state index contributed by atoms with van der Waals surface area (Å²) in [6.07, 6.45) is 2.48. The van der Waals surface area contributed by atoms with Gasteiger partial charge in [0.2, 0.25) is 0 Å². The summed E-state index contributed by atoms with van der Waals surface area (Å²) in [7, 11) is 0. The van der Waals surface area contributed by atoms with Crippen molar-refractivity contribution in [3.8, 4) is 0 Å². The Bertz CT molecular complexity index is 462. The van der Waals surface area contributed by atoms with Gasteiger partial charge in [-0.3, -0.25) is 0 Å². The van der Waals surface area contributed by atoms with Crippen molar-refractivity contribution in [2.45, 2.75) is 27.2 Å². The standard InChI is InChI=1S/C13H19N3O2/c1-8-4-5-16(7-9(8)2)12-11(13(17)18)6-14-10(3)15-12/h6,8-9H,4-5,7H2,1-3H3,(H,17,18). The SMILES string of the molecule is Cc1ncc(C(=O)O)c(N2CCC(C)C(C)C2)n1. The van der Waals surface area contributed by atoms with Gasteiger partial charge < -0.3 is 10.0 Å². The van der Waals surface area contributed by atoms with Crippen molar-refractivity contribution >= 4 is 11.8 Å². The normalized spacial score (nSPS) is 24.1. The minimum atomic E-state index is -0.962. The maximum Gasteiger partial charge on any atom is 0.341 e. The number of hydrogen-bond donors (Lipinski definition) is 1. The van der Waals surface area contributed by atoms with E-state index in [-0.39, 0.29) is 5.56 Å². The zero-order valence-electron chi connectivity index (χ0n) is 11.1. The number of aryl methyl sites for hydroxylation is 1. The molecule has 1 aromatic rings. The Hall–Kier alpha value is -1.65. The number of carbonyl (C=O) groups is 1. The van der Waals surface area contributed by atoms with Crippen LogP contribution in [-0.2, 0) is 0 Å². The Morgan fingerprint density at radius 2 is 2.17 bits per heavy atom. The highest BCUT2D eigenvalue weighted by Gasteiger charge is 2.26. The largest absolute Gasteiger partial charge is 0.477 e. The summed E-state index contributed by atoms with van der Waals surface area (Å²) >= 11 is 0. The van der Waals surface area contributed by atoms with Crippen LogP contribution in [0.1, 0.15) is 36.5 Å². The van der Waals surface area contributed by atoms with Crippen LogP contribution >= 0.6 is 0 Å². The first-order chi connectivity index (χ1) is 8.49. The Balaban J connectivity index is 2.32. The van der Waals surface area contributed by atoms with Crippen molar-refractivity contribution in [3.63, 3.8) is 0 Å². The maximum absolute atomic E-state index is 11.2. The molecule has 0 saturated carbocycles. The lowest BCUT2D eigenvalue weighted by Crippen LogP contribution is -2.39. The van der Waals surface area contributed by atoms with Crippen LogP contribution in [-0.4, -0.2) is 34.1 Å². The predicted molar refractivity (Wildman–Crippen MR) is 68.9 cm³/mol. The molecule has 0 bridgehead atoms. The van der Waals surface area contributed by atoms with Gasteiger partial charge in [0, 0.05) is 19.3 Å². The van der Waals surface area contributed by atoms with Gasteiger partial charge >= 0.3 is 5.97 Å². The number of aromatic nitrogens is 2. The van der Waals surface area contributed by atoms with E-state index < -0.39 is 5.97 Å². The molecule has 0 aliphatic carbocycles. The number of nitrogens with zero attached hydrogens (tertiary/aromatic N) is 3. The molecule has 1 fully saturated rings. The Morgan fingerprint density at radius 1 is 1.44 bits per heavy atom. The van der Waals surface area contributed by atoms with Gasteiger partial charge in [0.05, 0.1) is 0 Å². The number of piperidine rings is 1. The van der Waals surface area contributed by atoms with Gasteiger partial charge in [0.15, 0.2) is 0 Å². The molecule has 0 aromatic carbocycles. The van der Waals surface area contributed by atoms with Crippen LogP contribution in [0.15, 0.2) is 6.20 Å². The lowest BCUT2D eigenvalue weighted by Gasteiger charge is -2.36. The van der Waals surface area contributed by atoms with Crippen molar-refractivity contribution in [2.75, 3.05) is 18.0 Å². The van der Waals surface area contributed by atoms with E-state index in [9.17, 15) is 9.90 Å². The molecule has 1 aliphatic heterocycles. The average molecular weight is 249 g/mol. The van der Waals surface area contributed by atoms with Crippen LogP contribution in [0.4, 0.5) is 5.82 Å². The first-order valence-corrected chi connectivity index (χ1v) is 6.31. The zero-order chi connectivity index (χ0) is 13.3. The molecular formula is C13H19N3O2. The molecule has 1 N–H and O–H groups in total. The molecule has 5 heteroatoms. The molecule has 2 atom stereocenters. The second-order valence-electron chi connectivity index (χ2n) is 5.15. The summed E-state index contributed by atoms with van der Waals surface area (Å²) in [4.78, 5) is 21.6. The molecule has 98 valence electrons. The minimum Gasteiger partial charge on any atom is -0.477 e. The van der Waals surface area contributed by atoms with E-state index in [0.29, 0.717) is 23.5 Å². The van der Waals surface area contributed by atoms with E-state index in [1.807, 2.05) is 0 Å². The van der Waals surface area contributed by atoms with Crippen molar-refractivity contribution < 1.29 is 9.90 Å².